The molecule has 7 nitrogen and oxygen atoms in total. The minimum Gasteiger partial charge on any atom is -0.391 e. The summed E-state index contributed by atoms with van der Waals surface area (Å²) in [6.07, 6.45) is 0.848. The van der Waals surface area contributed by atoms with Crippen LogP contribution in [-0.2, 0) is 4.79 Å². The molecule has 3 heterocycles. The van der Waals surface area contributed by atoms with Crippen LogP contribution in [0.3, 0.4) is 0 Å². The van der Waals surface area contributed by atoms with Crippen molar-refractivity contribution >= 4 is 22.7 Å². The summed E-state index contributed by atoms with van der Waals surface area (Å²) in [5.41, 5.74) is 5.02. The number of amides is 2. The molecule has 7 heteroatoms. The number of aliphatic hydroxyl groups excluding tert-OH is 1. The zero-order valence-corrected chi connectivity index (χ0v) is 19.1. The van der Waals surface area contributed by atoms with E-state index in [1.54, 1.807) is 6.92 Å². The van der Waals surface area contributed by atoms with Crippen molar-refractivity contribution < 1.29 is 14.7 Å². The first kappa shape index (κ1) is 21.8. The fraction of sp³-hybridized carbons (Fsp3) is 0.583. The number of aryl methyl sites for hydroxylation is 3. The number of aromatic nitrogens is 1. The number of piperazine rings is 1. The van der Waals surface area contributed by atoms with Gasteiger partial charge in [0.05, 0.1) is 6.10 Å². The first-order valence-corrected chi connectivity index (χ1v) is 11.3. The van der Waals surface area contributed by atoms with Crippen LogP contribution >= 0.6 is 0 Å². The van der Waals surface area contributed by atoms with Crippen LogP contribution in [0.25, 0.3) is 10.9 Å². The summed E-state index contributed by atoms with van der Waals surface area (Å²) in [5.74, 6) is 0.122. The monoisotopic (exact) mass is 426 g/mol. The average molecular weight is 427 g/mol. The maximum absolute atomic E-state index is 13.4. The molecule has 2 fully saturated rings. The summed E-state index contributed by atoms with van der Waals surface area (Å²) in [6, 6.07) is 4.29. The molecule has 0 saturated carbocycles. The summed E-state index contributed by atoms with van der Waals surface area (Å²) in [5, 5.41) is 11.9. The van der Waals surface area contributed by atoms with E-state index in [-0.39, 0.29) is 17.9 Å². The Balaban J connectivity index is 1.48. The van der Waals surface area contributed by atoms with Gasteiger partial charge in [-0.3, -0.25) is 14.5 Å². The third-order valence-electron chi connectivity index (χ3n) is 7.07. The average Bonchev–Trinajstić information content (AvgIpc) is 2.94. The number of hydrogen-bond donors (Lipinski definition) is 2. The highest BCUT2D eigenvalue weighted by molar-refractivity contribution is 6.01. The molecule has 2 atom stereocenters. The van der Waals surface area contributed by atoms with Gasteiger partial charge in [-0.05, 0) is 50.8 Å². The Morgan fingerprint density at radius 3 is 2.32 bits per heavy atom. The number of rotatable bonds is 2. The van der Waals surface area contributed by atoms with Gasteiger partial charge >= 0.3 is 0 Å². The van der Waals surface area contributed by atoms with E-state index in [0.717, 1.165) is 41.5 Å². The quantitative estimate of drug-likeness (QED) is 0.772. The third kappa shape index (κ3) is 4.21. The van der Waals surface area contributed by atoms with E-state index in [2.05, 4.69) is 35.9 Å². The molecule has 0 bridgehead atoms. The first-order chi connectivity index (χ1) is 14.8. The zero-order chi connectivity index (χ0) is 22.3. The molecule has 4 rings (SSSR count). The van der Waals surface area contributed by atoms with Gasteiger partial charge < -0.3 is 19.9 Å². The van der Waals surface area contributed by atoms with Crippen molar-refractivity contribution in [3.05, 3.63) is 34.5 Å². The minimum atomic E-state index is -0.463. The molecule has 0 spiro atoms. The van der Waals surface area contributed by atoms with Crippen molar-refractivity contribution in [1.82, 2.24) is 19.7 Å². The van der Waals surface area contributed by atoms with Crippen molar-refractivity contribution in [1.29, 1.82) is 0 Å². The Kier molecular flexibility index (Phi) is 6.08. The van der Waals surface area contributed by atoms with Crippen LogP contribution in [-0.4, -0.2) is 88.0 Å². The number of likely N-dealkylation sites (tertiary alicyclic amines) is 1. The number of carbonyl (C=O) groups is 2. The number of aromatic amines is 1. The van der Waals surface area contributed by atoms with Crippen LogP contribution in [0, 0.1) is 20.8 Å². The number of aliphatic hydroxyl groups is 1. The molecular formula is C24H34N4O3. The second-order valence-corrected chi connectivity index (χ2v) is 9.18. The second kappa shape index (κ2) is 8.63. The number of H-pyrrole nitrogens is 1. The van der Waals surface area contributed by atoms with E-state index in [1.807, 2.05) is 16.7 Å². The highest BCUT2D eigenvalue weighted by Gasteiger charge is 2.34. The minimum absolute atomic E-state index is 0.0139. The molecule has 0 radical (unpaired) electrons. The lowest BCUT2D eigenvalue weighted by Crippen LogP contribution is -2.54. The van der Waals surface area contributed by atoms with E-state index in [9.17, 15) is 14.7 Å². The third-order valence-corrected chi connectivity index (χ3v) is 7.07. The van der Waals surface area contributed by atoms with Gasteiger partial charge in [0, 0.05) is 63.1 Å². The van der Waals surface area contributed by atoms with E-state index in [4.69, 9.17) is 0 Å². The first-order valence-electron chi connectivity index (χ1n) is 11.3. The van der Waals surface area contributed by atoms with Crippen molar-refractivity contribution in [2.24, 2.45) is 0 Å². The van der Waals surface area contributed by atoms with Crippen LogP contribution in [0.5, 0.6) is 0 Å². The molecule has 2 saturated heterocycles. The van der Waals surface area contributed by atoms with Gasteiger partial charge in [0.15, 0.2) is 0 Å². The maximum atomic E-state index is 13.4. The fourth-order valence-corrected chi connectivity index (χ4v) is 5.22. The van der Waals surface area contributed by atoms with E-state index in [1.165, 1.54) is 5.56 Å². The lowest BCUT2D eigenvalue weighted by atomic mass is 10.0. The highest BCUT2D eigenvalue weighted by atomic mass is 16.3. The Labute approximate surface area is 184 Å². The van der Waals surface area contributed by atoms with Crippen molar-refractivity contribution in [3.63, 3.8) is 0 Å². The molecule has 0 unspecified atom stereocenters. The highest BCUT2D eigenvalue weighted by Crippen LogP contribution is 2.28. The summed E-state index contributed by atoms with van der Waals surface area (Å²) in [4.78, 5) is 34.4. The molecule has 2 N–H and O–H groups in total. The van der Waals surface area contributed by atoms with Crippen molar-refractivity contribution in [3.8, 4) is 0 Å². The zero-order valence-electron chi connectivity index (χ0n) is 19.1. The molecule has 2 aromatic rings. The Bertz CT molecular complexity index is 990. The molecule has 2 amide bonds. The smallest absolute Gasteiger partial charge is 0.270 e. The maximum Gasteiger partial charge on any atom is 0.270 e. The lowest BCUT2D eigenvalue weighted by molar-refractivity contribution is -0.131. The molecule has 0 aliphatic carbocycles. The SMILES string of the molecule is CC(=O)N1CCN([C@H]2CCN(C(=O)c3[nH]c4c(C)cc(C)cc4c3C)CC[C@@H]2O)CC1. The lowest BCUT2D eigenvalue weighted by Gasteiger charge is -2.40. The number of nitrogens with zero attached hydrogens (tertiary/aromatic N) is 3. The second-order valence-electron chi connectivity index (χ2n) is 9.18. The Morgan fingerprint density at radius 1 is 0.968 bits per heavy atom. The van der Waals surface area contributed by atoms with Gasteiger partial charge in [0.2, 0.25) is 5.91 Å². The predicted octanol–water partition coefficient (Wildman–Crippen LogP) is 2.22. The number of carbonyl (C=O) groups excluding carboxylic acids is 2. The van der Waals surface area contributed by atoms with E-state index < -0.39 is 6.10 Å². The Morgan fingerprint density at radius 2 is 1.65 bits per heavy atom. The van der Waals surface area contributed by atoms with Crippen LogP contribution < -0.4 is 0 Å². The molecule has 1 aromatic heterocycles. The largest absolute Gasteiger partial charge is 0.391 e. The van der Waals surface area contributed by atoms with Gasteiger partial charge in [-0.15, -0.1) is 0 Å². The van der Waals surface area contributed by atoms with E-state index in [0.29, 0.717) is 38.3 Å². The molecule has 1 aromatic carbocycles. The van der Waals surface area contributed by atoms with Gasteiger partial charge in [-0.25, -0.2) is 0 Å². The number of hydrogen-bond acceptors (Lipinski definition) is 4. The molecule has 31 heavy (non-hydrogen) atoms. The number of benzene rings is 1. The van der Waals surface area contributed by atoms with Crippen LogP contribution in [0.15, 0.2) is 12.1 Å². The summed E-state index contributed by atoms with van der Waals surface area (Å²) in [6.45, 7) is 11.9. The molecule has 2 aliphatic heterocycles. The number of fused-ring (bicyclic) bond motifs is 1. The van der Waals surface area contributed by atoms with Gasteiger partial charge in [-0.1, -0.05) is 11.6 Å². The molecular weight excluding hydrogens is 392 g/mol. The normalized spacial score (nSPS) is 23.3. The van der Waals surface area contributed by atoms with Crippen molar-refractivity contribution in [2.75, 3.05) is 39.3 Å². The standard InChI is InChI=1S/C24H34N4O3/c1-15-13-16(2)22-19(14-15)17(3)23(25-22)24(31)28-7-5-20(21(30)6-8-28)27-11-9-26(10-12-27)18(4)29/h13-14,20-21,25,30H,5-12H2,1-4H3/t20-,21-/m0/s1. The number of nitrogens with one attached hydrogen (secondary N) is 1. The van der Waals surface area contributed by atoms with Crippen LogP contribution in [0.2, 0.25) is 0 Å². The molecule has 168 valence electrons. The predicted molar refractivity (Wildman–Crippen MR) is 121 cm³/mol. The Hall–Kier alpha value is -2.38. The van der Waals surface area contributed by atoms with Crippen LogP contribution in [0.4, 0.5) is 0 Å². The summed E-state index contributed by atoms with van der Waals surface area (Å²) in [7, 11) is 0. The van der Waals surface area contributed by atoms with Crippen molar-refractivity contribution in [2.45, 2.75) is 52.7 Å². The van der Waals surface area contributed by atoms with Gasteiger partial charge in [0.1, 0.15) is 5.69 Å². The van der Waals surface area contributed by atoms with Crippen LogP contribution in [0.1, 0.15) is 46.9 Å². The van der Waals surface area contributed by atoms with E-state index >= 15 is 0 Å². The topological polar surface area (TPSA) is 79.9 Å². The van der Waals surface area contributed by atoms with Gasteiger partial charge in [0.25, 0.3) is 5.91 Å². The fourth-order valence-electron chi connectivity index (χ4n) is 5.22. The molecule has 2 aliphatic rings. The summed E-state index contributed by atoms with van der Waals surface area (Å²) < 4.78 is 0. The van der Waals surface area contributed by atoms with Gasteiger partial charge in [-0.2, -0.15) is 0 Å². The summed E-state index contributed by atoms with van der Waals surface area (Å²) >= 11 is 0.